The van der Waals surface area contributed by atoms with Crippen molar-refractivity contribution < 1.29 is 27.8 Å². The molecular weight excluding hydrogens is 358 g/mol. The number of hydrogen-bond donors (Lipinski definition) is 1. The molecule has 0 radical (unpaired) electrons. The summed E-state index contributed by atoms with van der Waals surface area (Å²) in [5.41, 5.74) is 0.738. The molecule has 0 aliphatic carbocycles. The van der Waals surface area contributed by atoms with Gasteiger partial charge >= 0.3 is 6.61 Å². The fourth-order valence-corrected chi connectivity index (χ4v) is 2.17. The molecule has 2 aromatic rings. The first-order valence-corrected chi connectivity index (χ1v) is 7.67. The highest BCUT2D eigenvalue weighted by atomic mass is 19.3. The highest BCUT2D eigenvalue weighted by Crippen LogP contribution is 2.30. The molecule has 2 aromatic carbocycles. The molecule has 0 heterocycles. The van der Waals surface area contributed by atoms with Crippen molar-refractivity contribution in [2.75, 3.05) is 19.5 Å². The summed E-state index contributed by atoms with van der Waals surface area (Å²) in [4.78, 5) is 12.3. The smallest absolute Gasteiger partial charge is 0.387 e. The molecule has 0 fully saturated rings. The Labute approximate surface area is 154 Å². The monoisotopic (exact) mass is 374 g/mol. The number of carbonyl (C=O) groups excluding carboxylic acids is 1. The van der Waals surface area contributed by atoms with E-state index in [1.54, 1.807) is 18.2 Å². The number of rotatable bonds is 7. The standard InChI is InChI=1S/C19H16F2N2O4/c1-25-16-8-5-14(10-17(16)26-2)23-18(24)13(11-22)9-12-3-6-15(7-4-12)27-19(20)21/h3-10,19H,1-2H3,(H,23,24)/b13-9+. The van der Waals surface area contributed by atoms with Gasteiger partial charge in [0.1, 0.15) is 17.4 Å². The van der Waals surface area contributed by atoms with Gasteiger partial charge in [-0.1, -0.05) is 12.1 Å². The summed E-state index contributed by atoms with van der Waals surface area (Å²) in [6, 6.07) is 12.1. The quantitative estimate of drug-likeness (QED) is 0.588. The Morgan fingerprint density at radius 1 is 1.11 bits per heavy atom. The lowest BCUT2D eigenvalue weighted by Gasteiger charge is -2.10. The first-order chi connectivity index (χ1) is 13.0. The van der Waals surface area contributed by atoms with E-state index in [1.807, 2.05) is 6.07 Å². The topological polar surface area (TPSA) is 80.6 Å². The number of nitrogens with one attached hydrogen (secondary N) is 1. The summed E-state index contributed by atoms with van der Waals surface area (Å²) in [5, 5.41) is 11.8. The lowest BCUT2D eigenvalue weighted by molar-refractivity contribution is -0.112. The Bertz CT molecular complexity index is 874. The van der Waals surface area contributed by atoms with Crippen LogP contribution in [0.5, 0.6) is 17.2 Å². The predicted molar refractivity (Wildman–Crippen MR) is 94.8 cm³/mol. The number of hydrogen-bond acceptors (Lipinski definition) is 5. The molecule has 0 spiro atoms. The molecule has 0 unspecified atom stereocenters. The van der Waals surface area contributed by atoms with Crippen molar-refractivity contribution in [2.45, 2.75) is 6.61 Å². The van der Waals surface area contributed by atoms with Gasteiger partial charge in [0.05, 0.1) is 14.2 Å². The summed E-state index contributed by atoms with van der Waals surface area (Å²) in [6.07, 6.45) is 1.34. The van der Waals surface area contributed by atoms with E-state index in [2.05, 4.69) is 10.1 Å². The molecule has 1 N–H and O–H groups in total. The maximum Gasteiger partial charge on any atom is 0.387 e. The number of methoxy groups -OCH3 is 2. The number of nitriles is 1. The van der Waals surface area contributed by atoms with Crippen LogP contribution >= 0.6 is 0 Å². The van der Waals surface area contributed by atoms with Gasteiger partial charge in [-0.25, -0.2) is 0 Å². The zero-order chi connectivity index (χ0) is 19.8. The van der Waals surface area contributed by atoms with Crippen LogP contribution in [-0.2, 0) is 4.79 Å². The highest BCUT2D eigenvalue weighted by Gasteiger charge is 2.12. The average Bonchev–Trinajstić information content (AvgIpc) is 2.66. The molecular formula is C19H16F2N2O4. The van der Waals surface area contributed by atoms with E-state index in [-0.39, 0.29) is 11.3 Å². The number of benzene rings is 2. The van der Waals surface area contributed by atoms with Gasteiger partial charge in [-0.2, -0.15) is 14.0 Å². The Morgan fingerprint density at radius 3 is 2.33 bits per heavy atom. The van der Waals surface area contributed by atoms with Gasteiger partial charge in [0.2, 0.25) is 0 Å². The number of anilines is 1. The van der Waals surface area contributed by atoms with Crippen LogP contribution in [0.1, 0.15) is 5.56 Å². The van der Waals surface area contributed by atoms with E-state index in [4.69, 9.17) is 9.47 Å². The van der Waals surface area contributed by atoms with Crippen molar-refractivity contribution >= 4 is 17.7 Å². The number of alkyl halides is 2. The average molecular weight is 374 g/mol. The zero-order valence-corrected chi connectivity index (χ0v) is 14.5. The van der Waals surface area contributed by atoms with Crippen molar-refractivity contribution in [3.8, 4) is 23.3 Å². The van der Waals surface area contributed by atoms with Crippen molar-refractivity contribution in [1.29, 1.82) is 5.26 Å². The lowest BCUT2D eigenvalue weighted by atomic mass is 10.1. The van der Waals surface area contributed by atoms with Crippen LogP contribution in [-0.4, -0.2) is 26.7 Å². The Hall–Kier alpha value is -3.60. The van der Waals surface area contributed by atoms with Gasteiger partial charge in [0.15, 0.2) is 11.5 Å². The number of amides is 1. The number of ether oxygens (including phenoxy) is 3. The molecule has 0 aliphatic heterocycles. The van der Waals surface area contributed by atoms with Gasteiger partial charge in [-0.05, 0) is 35.9 Å². The fourth-order valence-electron chi connectivity index (χ4n) is 2.17. The van der Waals surface area contributed by atoms with Gasteiger partial charge < -0.3 is 19.5 Å². The second-order valence-electron chi connectivity index (χ2n) is 5.14. The number of nitrogens with zero attached hydrogens (tertiary/aromatic N) is 1. The molecule has 6 nitrogen and oxygen atoms in total. The van der Waals surface area contributed by atoms with Gasteiger partial charge in [-0.15, -0.1) is 0 Å². The minimum absolute atomic E-state index is 0.0181. The van der Waals surface area contributed by atoms with Crippen molar-refractivity contribution in [1.82, 2.24) is 0 Å². The van der Waals surface area contributed by atoms with E-state index in [9.17, 15) is 18.8 Å². The summed E-state index contributed by atoms with van der Waals surface area (Å²) in [7, 11) is 2.95. The Kier molecular flexibility index (Phi) is 6.72. The molecule has 27 heavy (non-hydrogen) atoms. The van der Waals surface area contributed by atoms with Crippen LogP contribution in [0.2, 0.25) is 0 Å². The number of carbonyl (C=O) groups is 1. The van der Waals surface area contributed by atoms with E-state index in [0.29, 0.717) is 22.7 Å². The SMILES string of the molecule is COc1ccc(NC(=O)/C(C#N)=C/c2ccc(OC(F)F)cc2)cc1OC. The summed E-state index contributed by atoms with van der Waals surface area (Å²) in [6.45, 7) is -2.92. The van der Waals surface area contributed by atoms with Crippen molar-refractivity contribution in [3.05, 3.63) is 53.6 Å². The molecule has 2 rings (SSSR count). The van der Waals surface area contributed by atoms with E-state index < -0.39 is 12.5 Å². The van der Waals surface area contributed by atoms with Crippen LogP contribution in [0.15, 0.2) is 48.0 Å². The molecule has 0 aliphatic rings. The summed E-state index contributed by atoms with van der Waals surface area (Å²) in [5.74, 6) is 0.276. The first kappa shape index (κ1) is 19.7. The Balaban J connectivity index is 2.16. The van der Waals surface area contributed by atoms with Crippen LogP contribution < -0.4 is 19.5 Å². The predicted octanol–water partition coefficient (Wildman–Crippen LogP) is 3.85. The summed E-state index contributed by atoms with van der Waals surface area (Å²) >= 11 is 0. The van der Waals surface area contributed by atoms with Crippen LogP contribution in [0.25, 0.3) is 6.08 Å². The Morgan fingerprint density at radius 2 is 1.78 bits per heavy atom. The van der Waals surface area contributed by atoms with Gasteiger partial charge in [0.25, 0.3) is 5.91 Å². The third kappa shape index (κ3) is 5.44. The normalized spacial score (nSPS) is 10.9. The minimum Gasteiger partial charge on any atom is -0.493 e. The molecule has 1 amide bonds. The van der Waals surface area contributed by atoms with Crippen molar-refractivity contribution in [3.63, 3.8) is 0 Å². The number of halogens is 2. The van der Waals surface area contributed by atoms with Crippen LogP contribution in [0.4, 0.5) is 14.5 Å². The van der Waals surface area contributed by atoms with Crippen LogP contribution in [0, 0.1) is 11.3 Å². The first-order valence-electron chi connectivity index (χ1n) is 7.67. The van der Waals surface area contributed by atoms with Crippen LogP contribution in [0.3, 0.4) is 0 Å². The minimum atomic E-state index is -2.92. The van der Waals surface area contributed by atoms with Gasteiger partial charge in [0, 0.05) is 11.8 Å². The van der Waals surface area contributed by atoms with E-state index >= 15 is 0 Å². The van der Waals surface area contributed by atoms with Crippen molar-refractivity contribution in [2.24, 2.45) is 0 Å². The fraction of sp³-hybridized carbons (Fsp3) is 0.158. The molecule has 0 saturated carbocycles. The van der Waals surface area contributed by atoms with E-state index in [0.717, 1.165) is 0 Å². The third-order valence-corrected chi connectivity index (χ3v) is 3.42. The maximum atomic E-state index is 12.3. The van der Waals surface area contributed by atoms with Gasteiger partial charge in [-0.3, -0.25) is 4.79 Å². The lowest BCUT2D eigenvalue weighted by Crippen LogP contribution is -2.13. The largest absolute Gasteiger partial charge is 0.493 e. The summed E-state index contributed by atoms with van der Waals surface area (Å²) < 4.78 is 38.8. The molecule has 0 bridgehead atoms. The molecule has 0 saturated heterocycles. The molecule has 0 aromatic heterocycles. The second kappa shape index (κ2) is 9.20. The third-order valence-electron chi connectivity index (χ3n) is 3.42. The molecule has 140 valence electrons. The maximum absolute atomic E-state index is 12.3. The molecule has 8 heteroatoms. The van der Waals surface area contributed by atoms with E-state index in [1.165, 1.54) is 44.6 Å². The second-order valence-corrected chi connectivity index (χ2v) is 5.14. The molecule has 0 atom stereocenters. The zero-order valence-electron chi connectivity index (χ0n) is 14.5. The highest BCUT2D eigenvalue weighted by molar-refractivity contribution is 6.09.